The standard InChI is InChI=1S/C15H20O4/c1-8-10(16)5-7-14(2)6-4-9-12(11(8)14)19-13(17)15(9,3)18/h5,7-9,11-12,18H,4,6H2,1-3H3/t8-,9-,11-,12-,14+,15+/m1/s1. The number of hydrogen-bond acceptors (Lipinski definition) is 4. The Morgan fingerprint density at radius 2 is 2.05 bits per heavy atom. The second kappa shape index (κ2) is 3.69. The van der Waals surface area contributed by atoms with Gasteiger partial charge in [0.25, 0.3) is 0 Å². The molecule has 2 aliphatic carbocycles. The molecular formula is C15H20O4. The lowest BCUT2D eigenvalue weighted by molar-refractivity contribution is -0.157. The Hall–Kier alpha value is -1.16. The largest absolute Gasteiger partial charge is 0.459 e. The van der Waals surface area contributed by atoms with E-state index in [0.29, 0.717) is 0 Å². The van der Waals surface area contributed by atoms with Crippen LogP contribution in [-0.4, -0.2) is 28.6 Å². The van der Waals surface area contributed by atoms with Gasteiger partial charge < -0.3 is 9.84 Å². The van der Waals surface area contributed by atoms with E-state index < -0.39 is 11.6 Å². The zero-order valence-electron chi connectivity index (χ0n) is 11.6. The van der Waals surface area contributed by atoms with Crippen molar-refractivity contribution in [3.63, 3.8) is 0 Å². The monoisotopic (exact) mass is 264 g/mol. The summed E-state index contributed by atoms with van der Waals surface area (Å²) in [5.74, 6) is -0.835. The van der Waals surface area contributed by atoms with Crippen molar-refractivity contribution in [2.75, 3.05) is 0 Å². The van der Waals surface area contributed by atoms with Crippen molar-refractivity contribution < 1.29 is 19.4 Å². The molecule has 1 saturated heterocycles. The summed E-state index contributed by atoms with van der Waals surface area (Å²) < 4.78 is 5.46. The van der Waals surface area contributed by atoms with E-state index in [1.54, 1.807) is 6.08 Å². The van der Waals surface area contributed by atoms with Crippen LogP contribution in [0.1, 0.15) is 33.6 Å². The average molecular weight is 264 g/mol. The maximum Gasteiger partial charge on any atom is 0.338 e. The normalized spacial score (nSPS) is 52.6. The van der Waals surface area contributed by atoms with E-state index >= 15 is 0 Å². The molecule has 0 aromatic heterocycles. The van der Waals surface area contributed by atoms with Gasteiger partial charge in [0.2, 0.25) is 0 Å². The van der Waals surface area contributed by atoms with E-state index in [1.165, 1.54) is 6.92 Å². The minimum Gasteiger partial charge on any atom is -0.459 e. The number of esters is 1. The van der Waals surface area contributed by atoms with E-state index in [2.05, 4.69) is 6.92 Å². The van der Waals surface area contributed by atoms with Crippen LogP contribution in [0.4, 0.5) is 0 Å². The molecule has 4 heteroatoms. The summed E-state index contributed by atoms with van der Waals surface area (Å²) in [6, 6.07) is 0. The van der Waals surface area contributed by atoms with Crippen LogP contribution in [0.15, 0.2) is 12.2 Å². The van der Waals surface area contributed by atoms with Gasteiger partial charge in [-0.3, -0.25) is 4.79 Å². The Morgan fingerprint density at radius 1 is 1.37 bits per heavy atom. The van der Waals surface area contributed by atoms with Gasteiger partial charge in [0, 0.05) is 17.8 Å². The lowest BCUT2D eigenvalue weighted by Crippen LogP contribution is -2.52. The third-order valence-corrected chi connectivity index (χ3v) is 5.50. The van der Waals surface area contributed by atoms with Crippen LogP contribution in [-0.2, 0) is 14.3 Å². The third-order valence-electron chi connectivity index (χ3n) is 5.50. The van der Waals surface area contributed by atoms with Gasteiger partial charge >= 0.3 is 5.97 Å². The number of allylic oxidation sites excluding steroid dienone is 2. The van der Waals surface area contributed by atoms with Crippen LogP contribution in [0.5, 0.6) is 0 Å². The van der Waals surface area contributed by atoms with Crippen molar-refractivity contribution in [2.24, 2.45) is 23.2 Å². The molecule has 1 N–H and O–H groups in total. The van der Waals surface area contributed by atoms with E-state index in [9.17, 15) is 14.7 Å². The molecule has 19 heavy (non-hydrogen) atoms. The smallest absolute Gasteiger partial charge is 0.338 e. The fraction of sp³-hybridized carbons (Fsp3) is 0.733. The molecule has 0 amide bonds. The highest BCUT2D eigenvalue weighted by atomic mass is 16.6. The Morgan fingerprint density at radius 3 is 2.74 bits per heavy atom. The highest BCUT2D eigenvalue weighted by molar-refractivity contribution is 5.93. The highest BCUT2D eigenvalue weighted by Gasteiger charge is 2.62. The first kappa shape index (κ1) is 12.9. The molecule has 2 fully saturated rings. The molecule has 0 aromatic carbocycles. The molecule has 0 unspecified atom stereocenters. The average Bonchev–Trinajstić information content (AvgIpc) is 2.55. The van der Waals surface area contributed by atoms with Gasteiger partial charge in [0.1, 0.15) is 6.10 Å². The first-order valence-corrected chi connectivity index (χ1v) is 6.94. The van der Waals surface area contributed by atoms with Crippen molar-refractivity contribution in [1.82, 2.24) is 0 Å². The molecule has 1 aliphatic heterocycles. The molecule has 0 aromatic rings. The number of ether oxygens (including phenoxy) is 1. The summed E-state index contributed by atoms with van der Waals surface area (Å²) in [6.07, 6.45) is 4.92. The SMILES string of the molecule is C[C@@H]1C(=O)C=C[C@]2(C)CC[C@@H]3[C@@H](OC(=O)[C@@]3(C)O)[C@@H]12. The van der Waals surface area contributed by atoms with E-state index in [4.69, 9.17) is 4.74 Å². The quantitative estimate of drug-likeness (QED) is 0.673. The van der Waals surface area contributed by atoms with E-state index in [1.807, 2.05) is 13.0 Å². The van der Waals surface area contributed by atoms with Crippen molar-refractivity contribution in [2.45, 2.75) is 45.3 Å². The molecule has 104 valence electrons. The van der Waals surface area contributed by atoms with Crippen LogP contribution in [0, 0.1) is 23.2 Å². The zero-order valence-corrected chi connectivity index (χ0v) is 11.6. The summed E-state index contributed by atoms with van der Waals surface area (Å²) in [4.78, 5) is 23.8. The second-order valence-electron chi connectivity index (χ2n) is 6.72. The molecule has 0 radical (unpaired) electrons. The van der Waals surface area contributed by atoms with Gasteiger partial charge in [0.05, 0.1) is 0 Å². The van der Waals surface area contributed by atoms with Crippen LogP contribution >= 0.6 is 0 Å². The van der Waals surface area contributed by atoms with Crippen molar-refractivity contribution >= 4 is 11.8 Å². The molecule has 1 heterocycles. The zero-order chi connectivity index (χ0) is 14.0. The summed E-state index contributed by atoms with van der Waals surface area (Å²) >= 11 is 0. The topological polar surface area (TPSA) is 63.6 Å². The Balaban J connectivity index is 2.03. The van der Waals surface area contributed by atoms with Crippen molar-refractivity contribution in [3.8, 4) is 0 Å². The minimum atomic E-state index is -1.41. The molecule has 6 atom stereocenters. The lowest BCUT2D eigenvalue weighted by atomic mass is 9.55. The van der Waals surface area contributed by atoms with Crippen LogP contribution in [0.3, 0.4) is 0 Å². The van der Waals surface area contributed by atoms with Crippen LogP contribution in [0.2, 0.25) is 0 Å². The Labute approximate surface area is 112 Å². The summed E-state index contributed by atoms with van der Waals surface area (Å²) in [5.41, 5.74) is -1.52. The highest BCUT2D eigenvalue weighted by Crippen LogP contribution is 2.55. The van der Waals surface area contributed by atoms with Gasteiger partial charge in [-0.2, -0.15) is 0 Å². The maximum absolute atomic E-state index is 11.9. The molecule has 0 spiro atoms. The number of fused-ring (bicyclic) bond motifs is 3. The maximum atomic E-state index is 11.9. The van der Waals surface area contributed by atoms with Gasteiger partial charge in [-0.15, -0.1) is 0 Å². The number of ketones is 1. The van der Waals surface area contributed by atoms with Crippen LogP contribution in [0.25, 0.3) is 0 Å². The van der Waals surface area contributed by atoms with Gasteiger partial charge in [-0.05, 0) is 31.3 Å². The van der Waals surface area contributed by atoms with Gasteiger partial charge in [-0.1, -0.05) is 19.9 Å². The molecule has 1 saturated carbocycles. The predicted octanol–water partition coefficient (Wildman–Crippen LogP) is 1.47. The van der Waals surface area contributed by atoms with Crippen LogP contribution < -0.4 is 0 Å². The van der Waals surface area contributed by atoms with Crippen molar-refractivity contribution in [1.29, 1.82) is 0 Å². The molecule has 3 aliphatic rings. The number of rotatable bonds is 0. The lowest BCUT2D eigenvalue weighted by Gasteiger charge is -2.49. The first-order chi connectivity index (χ1) is 8.77. The molecular weight excluding hydrogens is 244 g/mol. The molecule has 0 bridgehead atoms. The fourth-order valence-electron chi connectivity index (χ4n) is 4.22. The van der Waals surface area contributed by atoms with Gasteiger partial charge in [0.15, 0.2) is 11.4 Å². The molecule has 4 nitrogen and oxygen atoms in total. The van der Waals surface area contributed by atoms with Gasteiger partial charge in [-0.25, -0.2) is 4.79 Å². The number of carbonyl (C=O) groups excluding carboxylic acids is 2. The molecule has 3 rings (SSSR count). The fourth-order valence-corrected chi connectivity index (χ4v) is 4.22. The Kier molecular flexibility index (Phi) is 2.50. The summed E-state index contributed by atoms with van der Waals surface area (Å²) in [5, 5.41) is 10.3. The number of aliphatic hydroxyl groups is 1. The summed E-state index contributed by atoms with van der Waals surface area (Å²) in [7, 11) is 0. The first-order valence-electron chi connectivity index (χ1n) is 6.94. The minimum absolute atomic E-state index is 0.0262. The van der Waals surface area contributed by atoms with Crippen molar-refractivity contribution in [3.05, 3.63) is 12.2 Å². The summed E-state index contributed by atoms with van der Waals surface area (Å²) in [6.45, 7) is 5.56. The Bertz CT molecular complexity index is 479. The van der Waals surface area contributed by atoms with E-state index in [-0.39, 0.29) is 35.1 Å². The predicted molar refractivity (Wildman–Crippen MR) is 68.1 cm³/mol. The number of hydrogen-bond donors (Lipinski definition) is 1. The van der Waals surface area contributed by atoms with E-state index in [0.717, 1.165) is 12.8 Å². The number of carbonyl (C=O) groups is 2. The third kappa shape index (κ3) is 1.55. The second-order valence-corrected chi connectivity index (χ2v) is 6.72.